The minimum Gasteiger partial charge on any atom is -0.466 e. The van der Waals surface area contributed by atoms with E-state index in [9.17, 15) is 18.8 Å². The van der Waals surface area contributed by atoms with Crippen LogP contribution in [0.1, 0.15) is 23.6 Å². The first-order valence-corrected chi connectivity index (χ1v) is 9.62. The summed E-state index contributed by atoms with van der Waals surface area (Å²) < 4.78 is 23.3. The van der Waals surface area contributed by atoms with Crippen LogP contribution in [-0.4, -0.2) is 41.1 Å². The Bertz CT molecular complexity index is 841. The lowest BCUT2D eigenvalue weighted by molar-refractivity contribution is -0.156. The maximum absolute atomic E-state index is 12.9. The third-order valence-corrected chi connectivity index (χ3v) is 5.45. The van der Waals surface area contributed by atoms with E-state index in [1.54, 1.807) is 24.3 Å². The van der Waals surface area contributed by atoms with Gasteiger partial charge in [-0.2, -0.15) is 0 Å². The second-order valence-electron chi connectivity index (χ2n) is 6.15. The van der Waals surface area contributed by atoms with Gasteiger partial charge in [0.2, 0.25) is 5.91 Å². The van der Waals surface area contributed by atoms with Crippen molar-refractivity contribution in [2.45, 2.75) is 24.9 Å². The molecule has 2 atom stereocenters. The SMILES string of the molecule is CC(=O)N1[C@@H](C(=O)OCC(=O)NCc2ccc(F)cc2)CS[C@@H]1c1ccco1. The molecule has 0 bridgehead atoms. The van der Waals surface area contributed by atoms with Gasteiger partial charge in [0.05, 0.1) is 6.26 Å². The monoisotopic (exact) mass is 406 g/mol. The van der Waals surface area contributed by atoms with Gasteiger partial charge < -0.3 is 19.4 Å². The van der Waals surface area contributed by atoms with Crippen LogP contribution in [0.3, 0.4) is 0 Å². The first-order valence-electron chi connectivity index (χ1n) is 8.57. The summed E-state index contributed by atoms with van der Waals surface area (Å²) in [6.07, 6.45) is 1.51. The number of esters is 1. The lowest BCUT2D eigenvalue weighted by Crippen LogP contribution is -2.43. The lowest BCUT2D eigenvalue weighted by atomic mass is 10.2. The first kappa shape index (κ1) is 19.9. The Morgan fingerprint density at radius 2 is 2.04 bits per heavy atom. The number of halogens is 1. The van der Waals surface area contributed by atoms with E-state index in [-0.39, 0.29) is 18.3 Å². The summed E-state index contributed by atoms with van der Waals surface area (Å²) >= 11 is 1.40. The third-order valence-electron chi connectivity index (χ3n) is 4.17. The Labute approximate surface area is 165 Å². The van der Waals surface area contributed by atoms with Crippen LogP contribution in [0.2, 0.25) is 0 Å². The lowest BCUT2D eigenvalue weighted by Gasteiger charge is -2.25. The molecule has 0 spiro atoms. The Kier molecular flexibility index (Phi) is 6.35. The molecule has 1 aliphatic rings. The fourth-order valence-electron chi connectivity index (χ4n) is 2.81. The first-order chi connectivity index (χ1) is 13.5. The number of furan rings is 1. The van der Waals surface area contributed by atoms with E-state index in [4.69, 9.17) is 9.15 Å². The molecule has 3 rings (SSSR count). The number of nitrogens with one attached hydrogen (secondary N) is 1. The number of rotatable bonds is 6. The topological polar surface area (TPSA) is 88.8 Å². The summed E-state index contributed by atoms with van der Waals surface area (Å²) in [4.78, 5) is 37.8. The number of ether oxygens (including phenoxy) is 1. The van der Waals surface area contributed by atoms with Crippen LogP contribution in [0.4, 0.5) is 4.39 Å². The molecule has 9 heteroatoms. The highest BCUT2D eigenvalue weighted by atomic mass is 32.2. The summed E-state index contributed by atoms with van der Waals surface area (Å²) in [5.74, 6) is -0.849. The summed E-state index contributed by atoms with van der Waals surface area (Å²) in [6, 6.07) is 8.36. The normalized spacial score (nSPS) is 18.7. The average Bonchev–Trinajstić information content (AvgIpc) is 3.34. The Hall–Kier alpha value is -2.81. The average molecular weight is 406 g/mol. The van der Waals surface area contributed by atoms with Crippen LogP contribution in [0.5, 0.6) is 0 Å². The van der Waals surface area contributed by atoms with Crippen molar-refractivity contribution in [2.75, 3.05) is 12.4 Å². The van der Waals surface area contributed by atoms with E-state index in [2.05, 4.69) is 5.32 Å². The highest BCUT2D eigenvalue weighted by molar-refractivity contribution is 7.99. The van der Waals surface area contributed by atoms with Crippen LogP contribution in [-0.2, 0) is 25.7 Å². The van der Waals surface area contributed by atoms with E-state index in [1.807, 2.05) is 0 Å². The molecule has 0 unspecified atom stereocenters. The van der Waals surface area contributed by atoms with Crippen molar-refractivity contribution >= 4 is 29.5 Å². The summed E-state index contributed by atoms with van der Waals surface area (Å²) in [5, 5.41) is 2.18. The van der Waals surface area contributed by atoms with Crippen molar-refractivity contribution in [3.05, 3.63) is 59.8 Å². The molecule has 2 heterocycles. The van der Waals surface area contributed by atoms with Gasteiger partial charge in [-0.15, -0.1) is 11.8 Å². The summed E-state index contributed by atoms with van der Waals surface area (Å²) in [7, 11) is 0. The van der Waals surface area contributed by atoms with Crippen molar-refractivity contribution < 1.29 is 27.9 Å². The molecule has 1 aliphatic heterocycles. The Balaban J connectivity index is 1.51. The molecule has 0 saturated carbocycles. The number of thioether (sulfide) groups is 1. The number of amides is 2. The highest BCUT2D eigenvalue weighted by Crippen LogP contribution is 2.41. The molecule has 7 nitrogen and oxygen atoms in total. The second kappa shape index (κ2) is 8.92. The summed E-state index contributed by atoms with van der Waals surface area (Å²) in [5.41, 5.74) is 0.720. The fourth-order valence-corrected chi connectivity index (χ4v) is 4.23. The molecule has 28 heavy (non-hydrogen) atoms. The minimum absolute atomic E-state index is 0.191. The van der Waals surface area contributed by atoms with Crippen molar-refractivity contribution in [1.82, 2.24) is 10.2 Å². The van der Waals surface area contributed by atoms with Gasteiger partial charge in [0, 0.05) is 19.2 Å². The van der Waals surface area contributed by atoms with Crippen LogP contribution >= 0.6 is 11.8 Å². The van der Waals surface area contributed by atoms with E-state index >= 15 is 0 Å². The third kappa shape index (κ3) is 4.72. The zero-order chi connectivity index (χ0) is 20.1. The fraction of sp³-hybridized carbons (Fsp3) is 0.316. The number of benzene rings is 1. The molecule has 0 radical (unpaired) electrons. The number of carbonyl (C=O) groups is 3. The molecular formula is C19H19FN2O5S. The van der Waals surface area contributed by atoms with Gasteiger partial charge in [-0.05, 0) is 29.8 Å². The maximum atomic E-state index is 12.9. The quantitative estimate of drug-likeness (QED) is 0.741. The predicted molar refractivity (Wildman–Crippen MR) is 99.4 cm³/mol. The zero-order valence-electron chi connectivity index (χ0n) is 15.1. The smallest absolute Gasteiger partial charge is 0.330 e. The van der Waals surface area contributed by atoms with Crippen molar-refractivity contribution in [1.29, 1.82) is 0 Å². The van der Waals surface area contributed by atoms with Gasteiger partial charge in [0.1, 0.15) is 23.0 Å². The molecule has 0 aliphatic carbocycles. The maximum Gasteiger partial charge on any atom is 0.330 e. The molecule has 2 aromatic rings. The van der Waals surface area contributed by atoms with Crippen molar-refractivity contribution in [2.24, 2.45) is 0 Å². The number of hydrogen-bond donors (Lipinski definition) is 1. The second-order valence-corrected chi connectivity index (χ2v) is 7.27. The molecule has 2 amide bonds. The zero-order valence-corrected chi connectivity index (χ0v) is 15.9. The number of hydrogen-bond acceptors (Lipinski definition) is 6. The van der Waals surface area contributed by atoms with E-state index in [1.165, 1.54) is 42.0 Å². The van der Waals surface area contributed by atoms with Gasteiger partial charge in [-0.1, -0.05) is 12.1 Å². The Morgan fingerprint density at radius 1 is 1.29 bits per heavy atom. The molecule has 1 fully saturated rings. The van der Waals surface area contributed by atoms with Gasteiger partial charge in [-0.25, -0.2) is 9.18 Å². The van der Waals surface area contributed by atoms with E-state index in [0.717, 1.165) is 5.56 Å². The molecule has 1 N–H and O–H groups in total. The van der Waals surface area contributed by atoms with Crippen LogP contribution < -0.4 is 5.32 Å². The molecule has 148 valence electrons. The van der Waals surface area contributed by atoms with E-state index < -0.39 is 29.9 Å². The van der Waals surface area contributed by atoms with Crippen molar-refractivity contribution in [3.8, 4) is 0 Å². The molecular weight excluding hydrogens is 387 g/mol. The minimum atomic E-state index is -0.789. The molecule has 1 aromatic heterocycles. The van der Waals surface area contributed by atoms with Crippen LogP contribution in [0.15, 0.2) is 47.1 Å². The van der Waals surface area contributed by atoms with Gasteiger partial charge in [-0.3, -0.25) is 9.59 Å². The van der Waals surface area contributed by atoms with Gasteiger partial charge >= 0.3 is 5.97 Å². The number of nitrogens with zero attached hydrogens (tertiary/aromatic N) is 1. The van der Waals surface area contributed by atoms with Gasteiger partial charge in [0.15, 0.2) is 6.61 Å². The molecule has 1 aromatic carbocycles. The largest absolute Gasteiger partial charge is 0.466 e. The Morgan fingerprint density at radius 3 is 2.68 bits per heavy atom. The summed E-state index contributed by atoms with van der Waals surface area (Å²) in [6.45, 7) is 1.10. The van der Waals surface area contributed by atoms with E-state index in [0.29, 0.717) is 11.5 Å². The number of carbonyl (C=O) groups excluding carboxylic acids is 3. The van der Waals surface area contributed by atoms with Crippen LogP contribution in [0.25, 0.3) is 0 Å². The molecule has 1 saturated heterocycles. The van der Waals surface area contributed by atoms with Crippen LogP contribution in [0, 0.1) is 5.82 Å². The van der Waals surface area contributed by atoms with Crippen molar-refractivity contribution in [3.63, 3.8) is 0 Å². The highest BCUT2D eigenvalue weighted by Gasteiger charge is 2.43. The standard InChI is InChI=1S/C19H19FN2O5S/c1-12(23)22-15(11-28-18(22)16-3-2-8-26-16)19(25)27-10-17(24)21-9-13-4-6-14(20)7-5-13/h2-8,15,18H,9-11H2,1H3,(H,21,24)/t15-,18-/m1/s1. The predicted octanol–water partition coefficient (Wildman–Crippen LogP) is 2.24. The van der Waals surface area contributed by atoms with Gasteiger partial charge in [0.25, 0.3) is 5.91 Å².